The van der Waals surface area contributed by atoms with Crippen molar-refractivity contribution in [3.8, 4) is 11.4 Å². The molecule has 1 fully saturated rings. The minimum absolute atomic E-state index is 0.148. The molecule has 1 aliphatic heterocycles. The highest BCUT2D eigenvalue weighted by molar-refractivity contribution is 5.76. The van der Waals surface area contributed by atoms with Crippen LogP contribution in [-0.4, -0.2) is 47.3 Å². The molecule has 0 bridgehead atoms. The van der Waals surface area contributed by atoms with Gasteiger partial charge in [-0.15, -0.1) is 0 Å². The highest BCUT2D eigenvalue weighted by Gasteiger charge is 2.21. The number of ether oxygens (including phenoxy) is 1. The molecule has 6 nitrogen and oxygen atoms in total. The van der Waals surface area contributed by atoms with Gasteiger partial charge in [0.05, 0.1) is 0 Å². The van der Waals surface area contributed by atoms with Gasteiger partial charge in [0.2, 0.25) is 17.6 Å². The van der Waals surface area contributed by atoms with E-state index >= 15 is 0 Å². The summed E-state index contributed by atoms with van der Waals surface area (Å²) in [6, 6.07) is 7.93. The smallest absolute Gasteiger partial charge is 0.227 e. The number of carbonyl (C=O) groups excluding carboxylic acids is 1. The molecule has 0 unspecified atom stereocenters. The van der Waals surface area contributed by atoms with Gasteiger partial charge in [0.15, 0.2) is 0 Å². The second-order valence-electron chi connectivity index (χ2n) is 6.81. The molecule has 0 saturated carbocycles. The van der Waals surface area contributed by atoms with Crippen LogP contribution in [0.4, 0.5) is 0 Å². The van der Waals surface area contributed by atoms with Crippen molar-refractivity contribution in [1.82, 2.24) is 15.0 Å². The molecule has 1 aliphatic rings. The molecule has 0 N–H and O–H groups in total. The highest BCUT2D eigenvalue weighted by Crippen LogP contribution is 2.20. The lowest BCUT2D eigenvalue weighted by Crippen LogP contribution is -2.37. The molecule has 0 radical (unpaired) electrons. The van der Waals surface area contributed by atoms with Gasteiger partial charge in [0.25, 0.3) is 0 Å². The van der Waals surface area contributed by atoms with Gasteiger partial charge < -0.3 is 14.2 Å². The van der Waals surface area contributed by atoms with Crippen LogP contribution in [-0.2, 0) is 16.0 Å². The Morgan fingerprint density at radius 3 is 2.77 bits per heavy atom. The minimum atomic E-state index is 0.148. The summed E-state index contributed by atoms with van der Waals surface area (Å²) in [5.41, 5.74) is 2.06. The number of hydrogen-bond acceptors (Lipinski definition) is 5. The van der Waals surface area contributed by atoms with E-state index in [-0.39, 0.29) is 5.91 Å². The molecule has 1 aromatic carbocycles. The monoisotopic (exact) mass is 357 g/mol. The molecule has 1 amide bonds. The summed E-state index contributed by atoms with van der Waals surface area (Å²) in [5.74, 6) is 1.79. The fourth-order valence-corrected chi connectivity index (χ4v) is 3.31. The van der Waals surface area contributed by atoms with Crippen molar-refractivity contribution in [3.05, 3.63) is 35.7 Å². The Kier molecular flexibility index (Phi) is 6.39. The third-order valence-corrected chi connectivity index (χ3v) is 4.96. The van der Waals surface area contributed by atoms with E-state index < -0.39 is 0 Å². The van der Waals surface area contributed by atoms with Gasteiger partial charge in [0.1, 0.15) is 0 Å². The number of nitrogens with zero attached hydrogens (tertiary/aromatic N) is 3. The molecule has 2 aromatic rings. The SMILES string of the molecule is CCN(CC1CCOCC1)C(=O)CCc1nc(-c2ccccc2C)no1. The zero-order chi connectivity index (χ0) is 18.4. The average molecular weight is 357 g/mol. The van der Waals surface area contributed by atoms with Crippen molar-refractivity contribution in [3.63, 3.8) is 0 Å². The topological polar surface area (TPSA) is 68.5 Å². The first kappa shape index (κ1) is 18.6. The fourth-order valence-electron chi connectivity index (χ4n) is 3.31. The summed E-state index contributed by atoms with van der Waals surface area (Å²) in [6.45, 7) is 7.20. The van der Waals surface area contributed by atoms with Crippen molar-refractivity contribution in [2.75, 3.05) is 26.3 Å². The fraction of sp³-hybridized carbons (Fsp3) is 0.550. The maximum atomic E-state index is 12.6. The molecule has 0 spiro atoms. The van der Waals surface area contributed by atoms with E-state index in [0.717, 1.165) is 50.3 Å². The van der Waals surface area contributed by atoms with E-state index in [1.807, 2.05) is 43.0 Å². The van der Waals surface area contributed by atoms with E-state index in [1.165, 1.54) is 0 Å². The minimum Gasteiger partial charge on any atom is -0.381 e. The molecule has 1 aromatic heterocycles. The summed E-state index contributed by atoms with van der Waals surface area (Å²) in [6.07, 6.45) is 2.94. The molecule has 2 heterocycles. The zero-order valence-electron chi connectivity index (χ0n) is 15.6. The molecule has 0 aliphatic carbocycles. The maximum Gasteiger partial charge on any atom is 0.227 e. The van der Waals surface area contributed by atoms with Gasteiger partial charge in [-0.05, 0) is 38.2 Å². The molecule has 0 atom stereocenters. The largest absolute Gasteiger partial charge is 0.381 e. The van der Waals surface area contributed by atoms with Gasteiger partial charge in [0, 0.05) is 44.7 Å². The molecule has 1 saturated heterocycles. The van der Waals surface area contributed by atoms with E-state index in [1.54, 1.807) is 0 Å². The summed E-state index contributed by atoms with van der Waals surface area (Å²) >= 11 is 0. The van der Waals surface area contributed by atoms with E-state index in [9.17, 15) is 4.79 Å². The normalized spacial score (nSPS) is 15.2. The zero-order valence-corrected chi connectivity index (χ0v) is 15.6. The van der Waals surface area contributed by atoms with Gasteiger partial charge in [-0.3, -0.25) is 4.79 Å². The van der Waals surface area contributed by atoms with Gasteiger partial charge >= 0.3 is 0 Å². The second-order valence-corrected chi connectivity index (χ2v) is 6.81. The van der Waals surface area contributed by atoms with Crippen LogP contribution in [0.15, 0.2) is 28.8 Å². The van der Waals surface area contributed by atoms with Crippen molar-refractivity contribution in [2.45, 2.75) is 39.5 Å². The van der Waals surface area contributed by atoms with Crippen LogP contribution in [0.2, 0.25) is 0 Å². The number of aryl methyl sites for hydroxylation is 2. The molecular formula is C20H27N3O3. The van der Waals surface area contributed by atoms with E-state index in [4.69, 9.17) is 9.26 Å². The third-order valence-electron chi connectivity index (χ3n) is 4.96. The summed E-state index contributed by atoms with van der Waals surface area (Å²) in [5, 5.41) is 4.06. The van der Waals surface area contributed by atoms with Crippen molar-refractivity contribution >= 4 is 5.91 Å². The van der Waals surface area contributed by atoms with Crippen LogP contribution in [0.1, 0.15) is 37.6 Å². The van der Waals surface area contributed by atoms with Crippen LogP contribution in [0, 0.1) is 12.8 Å². The Hall–Kier alpha value is -2.21. The number of aromatic nitrogens is 2. The first-order valence-corrected chi connectivity index (χ1v) is 9.41. The lowest BCUT2D eigenvalue weighted by atomic mass is 9.99. The Bertz CT molecular complexity index is 723. The molecule has 6 heteroatoms. The third kappa shape index (κ3) is 4.69. The first-order chi connectivity index (χ1) is 12.7. The second kappa shape index (κ2) is 8.94. The predicted octanol–water partition coefficient (Wildman–Crippen LogP) is 3.25. The van der Waals surface area contributed by atoms with Crippen LogP contribution < -0.4 is 0 Å². The van der Waals surface area contributed by atoms with Gasteiger partial charge in [-0.25, -0.2) is 0 Å². The number of benzene rings is 1. The Morgan fingerprint density at radius 1 is 1.27 bits per heavy atom. The Morgan fingerprint density at radius 2 is 2.04 bits per heavy atom. The van der Waals surface area contributed by atoms with Crippen molar-refractivity contribution < 1.29 is 14.1 Å². The maximum absolute atomic E-state index is 12.6. The molecule has 3 rings (SSSR count). The summed E-state index contributed by atoms with van der Waals surface area (Å²) < 4.78 is 10.7. The van der Waals surface area contributed by atoms with Crippen LogP contribution in [0.25, 0.3) is 11.4 Å². The number of amides is 1. The van der Waals surface area contributed by atoms with Crippen molar-refractivity contribution in [2.24, 2.45) is 5.92 Å². The highest BCUT2D eigenvalue weighted by atomic mass is 16.5. The van der Waals surface area contributed by atoms with Gasteiger partial charge in [-0.1, -0.05) is 29.4 Å². The number of hydrogen-bond donors (Lipinski definition) is 0. The van der Waals surface area contributed by atoms with Crippen LogP contribution >= 0.6 is 0 Å². The van der Waals surface area contributed by atoms with Gasteiger partial charge in [-0.2, -0.15) is 4.98 Å². The van der Waals surface area contributed by atoms with Crippen molar-refractivity contribution in [1.29, 1.82) is 0 Å². The van der Waals surface area contributed by atoms with Crippen LogP contribution in [0.3, 0.4) is 0 Å². The lowest BCUT2D eigenvalue weighted by Gasteiger charge is -2.29. The summed E-state index contributed by atoms with van der Waals surface area (Å²) in [4.78, 5) is 18.9. The number of rotatable bonds is 7. The Balaban J connectivity index is 1.54. The lowest BCUT2D eigenvalue weighted by molar-refractivity contribution is -0.132. The van der Waals surface area contributed by atoms with E-state index in [2.05, 4.69) is 10.1 Å². The first-order valence-electron chi connectivity index (χ1n) is 9.41. The van der Waals surface area contributed by atoms with Crippen LogP contribution in [0.5, 0.6) is 0 Å². The number of carbonyl (C=O) groups is 1. The average Bonchev–Trinajstić information content (AvgIpc) is 3.14. The quantitative estimate of drug-likeness (QED) is 0.761. The molecule has 26 heavy (non-hydrogen) atoms. The summed E-state index contributed by atoms with van der Waals surface area (Å²) in [7, 11) is 0. The Labute approximate surface area is 154 Å². The van der Waals surface area contributed by atoms with E-state index in [0.29, 0.717) is 30.5 Å². The standard InChI is InChI=1S/C20H27N3O3/c1-3-23(14-16-10-12-25-13-11-16)19(24)9-8-18-21-20(22-26-18)17-7-5-4-6-15(17)2/h4-7,16H,3,8-14H2,1-2H3. The molecule has 140 valence electrons. The predicted molar refractivity (Wildman–Crippen MR) is 98.6 cm³/mol. The molecular weight excluding hydrogens is 330 g/mol.